The predicted octanol–water partition coefficient (Wildman–Crippen LogP) is 12.8. The second kappa shape index (κ2) is 10.6. The number of rotatable bonds is 1. The summed E-state index contributed by atoms with van der Waals surface area (Å²) in [5.41, 5.74) is 15.7. The van der Waals surface area contributed by atoms with E-state index in [1.54, 1.807) is 5.56 Å². The Morgan fingerprint density at radius 3 is 2.07 bits per heavy atom. The smallest absolute Gasteiger partial charge is 0.333 e. The van der Waals surface area contributed by atoms with E-state index in [1.807, 2.05) is 11.3 Å². The number of nitrogens with zero attached hydrogens (tertiary/aromatic N) is 2. The average Bonchev–Trinajstić information content (AvgIpc) is 3.62. The van der Waals surface area contributed by atoms with Gasteiger partial charge in [0, 0.05) is 43.5 Å². The summed E-state index contributed by atoms with van der Waals surface area (Å²) >= 11 is 2.01. The molecule has 1 fully saturated rings. The molecule has 0 N–H and O–H groups in total. The van der Waals surface area contributed by atoms with Crippen molar-refractivity contribution >= 4 is 82.8 Å². The summed E-state index contributed by atoms with van der Waals surface area (Å²) in [6.07, 6.45) is 4.97. The number of anilines is 4. The van der Waals surface area contributed by atoms with Crippen molar-refractivity contribution in [1.82, 2.24) is 0 Å². The van der Waals surface area contributed by atoms with Gasteiger partial charge in [0.1, 0.15) is 0 Å². The SMILES string of the molecule is CC(C)(C)c1ccc(N2B3c4cc(C(C)(C)C)cc5c4N(c4c3c(cc3c4sc4ccccc43)-c3cc4ccccc4cc32)C2(C)CCCCC52C)cc1. The van der Waals surface area contributed by atoms with E-state index in [1.165, 1.54) is 113 Å². The van der Waals surface area contributed by atoms with Crippen LogP contribution in [0.25, 0.3) is 42.1 Å². The molecule has 4 heterocycles. The number of benzene rings is 6. The molecule has 0 radical (unpaired) electrons. The van der Waals surface area contributed by atoms with E-state index in [0.29, 0.717) is 0 Å². The molecule has 54 heavy (non-hydrogen) atoms. The van der Waals surface area contributed by atoms with Crippen molar-refractivity contribution in [3.63, 3.8) is 0 Å². The molecule has 0 saturated heterocycles. The monoisotopic (exact) mass is 720 g/mol. The van der Waals surface area contributed by atoms with Crippen LogP contribution in [0, 0.1) is 0 Å². The lowest BCUT2D eigenvalue weighted by Gasteiger charge is -2.53. The number of fused-ring (bicyclic) bond motifs is 12. The molecular formula is C50H49BN2S. The van der Waals surface area contributed by atoms with Gasteiger partial charge in [0.15, 0.2) is 0 Å². The van der Waals surface area contributed by atoms with Gasteiger partial charge < -0.3 is 9.71 Å². The van der Waals surface area contributed by atoms with Crippen LogP contribution in [0.15, 0.2) is 103 Å². The van der Waals surface area contributed by atoms with Crippen LogP contribution in [-0.4, -0.2) is 12.4 Å². The van der Waals surface area contributed by atoms with Gasteiger partial charge in [0.2, 0.25) is 0 Å². The molecule has 7 aromatic rings. The highest BCUT2D eigenvalue weighted by molar-refractivity contribution is 7.26. The fourth-order valence-corrected chi connectivity index (χ4v) is 12.3. The van der Waals surface area contributed by atoms with Crippen molar-refractivity contribution in [3.05, 3.63) is 120 Å². The summed E-state index contributed by atoms with van der Waals surface area (Å²) in [5, 5.41) is 5.36. The Hall–Kier alpha value is -4.54. The third-order valence-electron chi connectivity index (χ3n) is 14.3. The molecule has 0 spiro atoms. The molecule has 0 amide bonds. The summed E-state index contributed by atoms with van der Waals surface area (Å²) in [5.74, 6) is 0. The molecule has 268 valence electrons. The van der Waals surface area contributed by atoms with Gasteiger partial charge in [-0.3, -0.25) is 0 Å². The van der Waals surface area contributed by atoms with Crippen molar-refractivity contribution in [2.45, 2.75) is 103 Å². The fourth-order valence-electron chi connectivity index (χ4n) is 11.0. The van der Waals surface area contributed by atoms with Crippen molar-refractivity contribution in [3.8, 4) is 11.1 Å². The van der Waals surface area contributed by atoms with Crippen LogP contribution in [0.5, 0.6) is 0 Å². The molecule has 1 saturated carbocycles. The molecule has 6 aromatic carbocycles. The first-order valence-corrected chi connectivity index (χ1v) is 21.0. The normalized spacial score (nSPS) is 21.4. The Labute approximate surface area is 324 Å². The van der Waals surface area contributed by atoms with Crippen LogP contribution < -0.4 is 20.6 Å². The van der Waals surface area contributed by atoms with Gasteiger partial charge in [-0.1, -0.05) is 128 Å². The average molecular weight is 721 g/mol. The minimum Gasteiger partial charge on any atom is -0.376 e. The lowest BCUT2D eigenvalue weighted by molar-refractivity contribution is 0.195. The van der Waals surface area contributed by atoms with Crippen molar-refractivity contribution in [2.24, 2.45) is 0 Å². The maximum atomic E-state index is 2.93. The highest BCUT2D eigenvalue weighted by Gasteiger charge is 2.62. The first-order chi connectivity index (χ1) is 25.8. The van der Waals surface area contributed by atoms with Gasteiger partial charge in [-0.05, 0) is 111 Å². The highest BCUT2D eigenvalue weighted by Crippen LogP contribution is 2.64. The van der Waals surface area contributed by atoms with Gasteiger partial charge in [0.25, 0.3) is 0 Å². The highest BCUT2D eigenvalue weighted by atomic mass is 32.1. The second-order valence-corrected chi connectivity index (χ2v) is 20.4. The van der Waals surface area contributed by atoms with Crippen LogP contribution in [0.4, 0.5) is 22.7 Å². The zero-order valence-electron chi connectivity index (χ0n) is 33.0. The van der Waals surface area contributed by atoms with Gasteiger partial charge in [0.05, 0.1) is 15.9 Å². The largest absolute Gasteiger partial charge is 0.376 e. The molecule has 4 heteroatoms. The molecule has 2 atom stereocenters. The van der Waals surface area contributed by atoms with E-state index in [4.69, 9.17) is 0 Å². The molecule has 1 aromatic heterocycles. The molecule has 1 aliphatic carbocycles. The van der Waals surface area contributed by atoms with Crippen molar-refractivity contribution in [1.29, 1.82) is 0 Å². The molecule has 3 aliphatic heterocycles. The Balaban J connectivity index is 1.34. The zero-order valence-corrected chi connectivity index (χ0v) is 33.8. The van der Waals surface area contributed by atoms with Gasteiger partial charge in [-0.25, -0.2) is 0 Å². The number of hydrogen-bond acceptors (Lipinski definition) is 3. The summed E-state index contributed by atoms with van der Waals surface area (Å²) in [4.78, 5) is 5.68. The third-order valence-corrected chi connectivity index (χ3v) is 15.4. The van der Waals surface area contributed by atoms with Gasteiger partial charge in [-0.2, -0.15) is 0 Å². The Morgan fingerprint density at radius 2 is 1.33 bits per heavy atom. The van der Waals surface area contributed by atoms with Gasteiger partial charge in [-0.15, -0.1) is 11.3 Å². The topological polar surface area (TPSA) is 6.48 Å². The quantitative estimate of drug-likeness (QED) is 0.156. The van der Waals surface area contributed by atoms with Crippen LogP contribution >= 0.6 is 11.3 Å². The predicted molar refractivity (Wildman–Crippen MR) is 236 cm³/mol. The molecule has 11 rings (SSSR count). The lowest BCUT2D eigenvalue weighted by Crippen LogP contribution is -2.64. The minimum atomic E-state index is -0.0368. The molecule has 2 unspecified atom stereocenters. The van der Waals surface area contributed by atoms with E-state index < -0.39 is 0 Å². The summed E-state index contributed by atoms with van der Waals surface area (Å²) in [6, 6.07) is 40.5. The van der Waals surface area contributed by atoms with E-state index in [9.17, 15) is 0 Å². The molecule has 2 nitrogen and oxygen atoms in total. The third kappa shape index (κ3) is 4.13. The first-order valence-electron chi connectivity index (χ1n) is 20.2. The van der Waals surface area contributed by atoms with E-state index in [2.05, 4.69) is 168 Å². The summed E-state index contributed by atoms with van der Waals surface area (Å²) in [7, 11) is 0. The Bertz CT molecular complexity index is 2740. The number of hydrogen-bond donors (Lipinski definition) is 0. The maximum absolute atomic E-state index is 2.93. The molecule has 0 bridgehead atoms. The lowest BCUT2D eigenvalue weighted by atomic mass is 9.43. The van der Waals surface area contributed by atoms with E-state index in [0.717, 1.165) is 0 Å². The first kappa shape index (κ1) is 32.9. The number of thiophene rings is 1. The van der Waals surface area contributed by atoms with Crippen molar-refractivity contribution in [2.75, 3.05) is 9.71 Å². The zero-order chi connectivity index (χ0) is 37.1. The Kier molecular flexibility index (Phi) is 6.45. The van der Waals surface area contributed by atoms with Crippen LogP contribution in [0.1, 0.15) is 97.8 Å². The second-order valence-electron chi connectivity index (χ2n) is 19.3. The standard InChI is InChI=1S/C50H49BN2S/c1-47(2,3)32-19-21-34(22-20-32)53-41-26-31-16-10-9-15-30(31)25-36(41)37-29-38-35-17-11-12-18-42(35)54-46(38)45-43(37)51(53)40-28-33(48(4,5)6)27-39-44(40)52(45)50(8)24-14-13-23-49(39,50)7/h9-12,15-22,25-29H,13-14,23-24H2,1-8H3. The Morgan fingerprint density at radius 1 is 0.648 bits per heavy atom. The van der Waals surface area contributed by atoms with Crippen LogP contribution in [0.3, 0.4) is 0 Å². The maximum Gasteiger partial charge on any atom is 0.333 e. The minimum absolute atomic E-state index is 0.0148. The van der Waals surface area contributed by atoms with E-state index >= 15 is 0 Å². The van der Waals surface area contributed by atoms with Crippen molar-refractivity contribution < 1.29 is 0 Å². The van der Waals surface area contributed by atoms with Crippen LogP contribution in [-0.2, 0) is 16.2 Å². The molecule has 4 aliphatic rings. The summed E-state index contributed by atoms with van der Waals surface area (Å²) < 4.78 is 2.82. The summed E-state index contributed by atoms with van der Waals surface area (Å²) in [6.45, 7) is 19.5. The van der Waals surface area contributed by atoms with E-state index in [-0.39, 0.29) is 28.6 Å². The van der Waals surface area contributed by atoms with Crippen LogP contribution in [0.2, 0.25) is 0 Å². The van der Waals surface area contributed by atoms with Gasteiger partial charge >= 0.3 is 6.85 Å². The fraction of sp³-hybridized carbons (Fsp3) is 0.320. The molecular weight excluding hydrogens is 671 g/mol.